The van der Waals surface area contributed by atoms with Crippen LogP contribution in [0.25, 0.3) is 0 Å². The maximum Gasteiger partial charge on any atom is 0.203 e. The molecule has 0 heterocycles. The zero-order chi connectivity index (χ0) is 13.1. The third-order valence-corrected chi connectivity index (χ3v) is 4.00. The van der Waals surface area contributed by atoms with Gasteiger partial charge >= 0.3 is 0 Å². The van der Waals surface area contributed by atoms with Crippen LogP contribution < -0.4 is 14.2 Å². The normalized spacial score (nSPS) is 26.3. The number of methoxy groups -OCH3 is 3. The van der Waals surface area contributed by atoms with Crippen molar-refractivity contribution < 1.29 is 18.9 Å². The minimum Gasteiger partial charge on any atom is -0.493 e. The molecule has 4 nitrogen and oxygen atoms in total. The maximum absolute atomic E-state index is 5.96. The SMILES string of the molecule is COc1cccc(OC)c1OC1CC(Br)C1OC. The summed E-state index contributed by atoms with van der Waals surface area (Å²) >= 11 is 3.54. The number of ether oxygens (including phenoxy) is 4. The van der Waals surface area contributed by atoms with Crippen molar-refractivity contribution in [3.05, 3.63) is 18.2 Å². The standard InChI is InChI=1S/C13H17BrO4/c1-15-9-5-4-6-10(16-2)13(9)18-11-7-8(14)12(11)17-3/h4-6,8,11-12H,7H2,1-3H3. The lowest BCUT2D eigenvalue weighted by molar-refractivity contribution is -0.0560. The zero-order valence-electron chi connectivity index (χ0n) is 10.7. The van der Waals surface area contributed by atoms with Crippen molar-refractivity contribution in [2.75, 3.05) is 21.3 Å². The number of hydrogen-bond acceptors (Lipinski definition) is 4. The molecule has 2 rings (SSSR count). The molecule has 0 aliphatic heterocycles. The van der Waals surface area contributed by atoms with Gasteiger partial charge < -0.3 is 18.9 Å². The highest BCUT2D eigenvalue weighted by molar-refractivity contribution is 9.09. The average molecular weight is 317 g/mol. The minimum atomic E-state index is 0.0181. The Hall–Kier alpha value is -0.940. The largest absolute Gasteiger partial charge is 0.493 e. The molecule has 0 radical (unpaired) electrons. The van der Waals surface area contributed by atoms with E-state index in [1.54, 1.807) is 21.3 Å². The van der Waals surface area contributed by atoms with Crippen LogP contribution in [0.5, 0.6) is 17.2 Å². The summed E-state index contributed by atoms with van der Waals surface area (Å²) in [5.41, 5.74) is 0. The van der Waals surface area contributed by atoms with Crippen molar-refractivity contribution >= 4 is 15.9 Å². The maximum atomic E-state index is 5.96. The molecule has 0 saturated heterocycles. The molecule has 3 atom stereocenters. The molecular weight excluding hydrogens is 300 g/mol. The Morgan fingerprint density at radius 3 is 2.17 bits per heavy atom. The van der Waals surface area contributed by atoms with Crippen LogP contribution in [0.4, 0.5) is 0 Å². The van der Waals surface area contributed by atoms with Crippen LogP contribution in [-0.4, -0.2) is 38.4 Å². The van der Waals surface area contributed by atoms with E-state index in [9.17, 15) is 0 Å². The smallest absolute Gasteiger partial charge is 0.203 e. The number of hydrogen-bond donors (Lipinski definition) is 0. The highest BCUT2D eigenvalue weighted by Crippen LogP contribution is 2.41. The van der Waals surface area contributed by atoms with Crippen LogP contribution in [0.2, 0.25) is 0 Å². The van der Waals surface area contributed by atoms with E-state index in [0.29, 0.717) is 22.1 Å². The van der Waals surface area contributed by atoms with Crippen molar-refractivity contribution in [3.8, 4) is 17.2 Å². The Morgan fingerprint density at radius 2 is 1.72 bits per heavy atom. The molecule has 1 fully saturated rings. The molecule has 5 heteroatoms. The fourth-order valence-corrected chi connectivity index (χ4v) is 2.95. The first-order valence-corrected chi connectivity index (χ1v) is 6.67. The Morgan fingerprint density at radius 1 is 1.11 bits per heavy atom. The lowest BCUT2D eigenvalue weighted by Crippen LogP contribution is -2.51. The molecule has 18 heavy (non-hydrogen) atoms. The van der Waals surface area contributed by atoms with E-state index in [4.69, 9.17) is 18.9 Å². The highest BCUT2D eigenvalue weighted by Gasteiger charge is 2.42. The molecule has 0 amide bonds. The van der Waals surface area contributed by atoms with Gasteiger partial charge in [-0.3, -0.25) is 0 Å². The number of halogens is 1. The van der Waals surface area contributed by atoms with Crippen LogP contribution in [0, 0.1) is 0 Å². The van der Waals surface area contributed by atoms with E-state index in [0.717, 1.165) is 6.42 Å². The predicted octanol–water partition coefficient (Wildman–Crippen LogP) is 2.63. The molecule has 0 spiro atoms. The molecule has 0 bridgehead atoms. The topological polar surface area (TPSA) is 36.9 Å². The van der Waals surface area contributed by atoms with Crippen LogP contribution >= 0.6 is 15.9 Å². The van der Waals surface area contributed by atoms with Gasteiger partial charge in [0.25, 0.3) is 0 Å². The van der Waals surface area contributed by atoms with Crippen LogP contribution in [0.3, 0.4) is 0 Å². The van der Waals surface area contributed by atoms with E-state index in [1.807, 2.05) is 18.2 Å². The van der Waals surface area contributed by atoms with Gasteiger partial charge in [-0.1, -0.05) is 22.0 Å². The van der Waals surface area contributed by atoms with E-state index in [1.165, 1.54) is 0 Å². The molecule has 100 valence electrons. The quantitative estimate of drug-likeness (QED) is 0.783. The molecule has 1 aromatic carbocycles. The van der Waals surface area contributed by atoms with Crippen LogP contribution in [-0.2, 0) is 4.74 Å². The predicted molar refractivity (Wildman–Crippen MR) is 72.1 cm³/mol. The van der Waals surface area contributed by atoms with Gasteiger partial charge in [-0.05, 0) is 12.1 Å². The van der Waals surface area contributed by atoms with E-state index < -0.39 is 0 Å². The molecular formula is C13H17BrO4. The first-order valence-electron chi connectivity index (χ1n) is 5.75. The Balaban J connectivity index is 2.18. The van der Waals surface area contributed by atoms with E-state index in [-0.39, 0.29) is 12.2 Å². The van der Waals surface area contributed by atoms with Crippen LogP contribution in [0.1, 0.15) is 6.42 Å². The van der Waals surface area contributed by atoms with Gasteiger partial charge in [0.05, 0.1) is 14.2 Å². The summed E-state index contributed by atoms with van der Waals surface area (Å²) in [6.45, 7) is 0. The molecule has 0 N–H and O–H groups in total. The second kappa shape index (κ2) is 5.80. The highest BCUT2D eigenvalue weighted by atomic mass is 79.9. The summed E-state index contributed by atoms with van der Waals surface area (Å²) in [6, 6.07) is 5.57. The van der Waals surface area contributed by atoms with Crippen molar-refractivity contribution in [1.29, 1.82) is 0 Å². The van der Waals surface area contributed by atoms with Gasteiger partial charge in [-0.15, -0.1) is 0 Å². The summed E-state index contributed by atoms with van der Waals surface area (Å²) in [5, 5.41) is 0. The summed E-state index contributed by atoms with van der Waals surface area (Å²) in [4.78, 5) is 0.341. The van der Waals surface area contributed by atoms with Gasteiger partial charge in [0.1, 0.15) is 12.2 Å². The summed E-state index contributed by atoms with van der Waals surface area (Å²) < 4.78 is 21.9. The number of rotatable bonds is 5. The van der Waals surface area contributed by atoms with Gasteiger partial charge in [-0.2, -0.15) is 0 Å². The number of benzene rings is 1. The third-order valence-electron chi connectivity index (χ3n) is 3.10. The fourth-order valence-electron chi connectivity index (χ4n) is 2.03. The average Bonchev–Trinajstić information content (AvgIpc) is 2.38. The molecule has 1 aliphatic carbocycles. The number of para-hydroxylation sites is 1. The van der Waals surface area contributed by atoms with Crippen molar-refractivity contribution in [2.45, 2.75) is 23.5 Å². The van der Waals surface area contributed by atoms with E-state index in [2.05, 4.69) is 15.9 Å². The molecule has 1 aliphatic rings. The zero-order valence-corrected chi connectivity index (χ0v) is 12.3. The fraction of sp³-hybridized carbons (Fsp3) is 0.538. The first-order chi connectivity index (χ1) is 8.71. The Kier molecular flexibility index (Phi) is 4.35. The second-order valence-corrected chi connectivity index (χ2v) is 5.28. The van der Waals surface area contributed by atoms with Crippen molar-refractivity contribution in [2.24, 2.45) is 0 Å². The monoisotopic (exact) mass is 316 g/mol. The first kappa shape index (κ1) is 13.5. The van der Waals surface area contributed by atoms with Gasteiger partial charge in [0, 0.05) is 18.4 Å². The third kappa shape index (κ3) is 2.42. The minimum absolute atomic E-state index is 0.0181. The van der Waals surface area contributed by atoms with Crippen molar-refractivity contribution in [3.63, 3.8) is 0 Å². The van der Waals surface area contributed by atoms with Crippen molar-refractivity contribution in [1.82, 2.24) is 0 Å². The lowest BCUT2D eigenvalue weighted by Gasteiger charge is -2.40. The number of alkyl halides is 1. The Bertz CT molecular complexity index is 388. The molecule has 0 aromatic heterocycles. The van der Waals surface area contributed by atoms with Gasteiger partial charge in [-0.25, -0.2) is 0 Å². The lowest BCUT2D eigenvalue weighted by atomic mass is 9.91. The van der Waals surface area contributed by atoms with Gasteiger partial charge in [0.15, 0.2) is 11.5 Å². The van der Waals surface area contributed by atoms with Crippen LogP contribution in [0.15, 0.2) is 18.2 Å². The summed E-state index contributed by atoms with van der Waals surface area (Å²) in [6.07, 6.45) is 0.976. The van der Waals surface area contributed by atoms with Gasteiger partial charge in [0.2, 0.25) is 5.75 Å². The van der Waals surface area contributed by atoms with E-state index >= 15 is 0 Å². The summed E-state index contributed by atoms with van der Waals surface area (Å²) in [5.74, 6) is 1.97. The second-order valence-electron chi connectivity index (χ2n) is 4.10. The Labute approximate surface area is 115 Å². The molecule has 3 unspecified atom stereocenters. The summed E-state index contributed by atoms with van der Waals surface area (Å²) in [7, 11) is 4.92. The molecule has 1 aromatic rings. The molecule has 1 saturated carbocycles.